The van der Waals surface area contributed by atoms with Gasteiger partial charge in [0.15, 0.2) is 0 Å². The molecule has 1 aliphatic rings. The molecule has 42 heavy (non-hydrogen) atoms. The second-order valence-electron chi connectivity index (χ2n) is 10.8. The zero-order valence-corrected chi connectivity index (χ0v) is 24.5. The smallest absolute Gasteiger partial charge is 0.409 e. The van der Waals surface area contributed by atoms with Crippen molar-refractivity contribution in [3.8, 4) is 16.9 Å². The Kier molecular flexibility index (Phi) is 10.2. The van der Waals surface area contributed by atoms with Crippen molar-refractivity contribution in [3.05, 3.63) is 89.2 Å². The van der Waals surface area contributed by atoms with Gasteiger partial charge in [0.25, 0.3) is 5.91 Å². The second kappa shape index (κ2) is 13.8. The van der Waals surface area contributed by atoms with Crippen LogP contribution in [0.25, 0.3) is 11.1 Å². The first-order valence-electron chi connectivity index (χ1n) is 14.2. The Labute approximate surface area is 246 Å². The van der Waals surface area contributed by atoms with Gasteiger partial charge in [-0.3, -0.25) is 4.79 Å². The van der Waals surface area contributed by atoms with Crippen LogP contribution in [0.1, 0.15) is 47.2 Å². The molecule has 4 rings (SSSR count). The van der Waals surface area contributed by atoms with Gasteiger partial charge in [-0.25, -0.2) is 9.18 Å². The molecule has 0 unspecified atom stereocenters. The van der Waals surface area contributed by atoms with Gasteiger partial charge in [0.2, 0.25) is 0 Å². The summed E-state index contributed by atoms with van der Waals surface area (Å²) in [7, 11) is 4.50. The van der Waals surface area contributed by atoms with Gasteiger partial charge in [0.1, 0.15) is 11.6 Å². The minimum absolute atomic E-state index is 0.122. The van der Waals surface area contributed by atoms with E-state index in [2.05, 4.69) is 0 Å². The van der Waals surface area contributed by atoms with Crippen molar-refractivity contribution >= 4 is 12.0 Å². The molecular weight excluding hydrogens is 537 g/mol. The number of hydrogen-bond acceptors (Lipinski definition) is 6. The van der Waals surface area contributed by atoms with E-state index in [1.54, 1.807) is 67.6 Å². The molecule has 0 aromatic heterocycles. The Morgan fingerprint density at radius 2 is 1.86 bits per heavy atom. The summed E-state index contributed by atoms with van der Waals surface area (Å²) in [6.07, 6.45) is 1.53. The van der Waals surface area contributed by atoms with Gasteiger partial charge in [-0.2, -0.15) is 0 Å². The van der Waals surface area contributed by atoms with Crippen LogP contribution in [-0.2, 0) is 16.9 Å². The fourth-order valence-electron chi connectivity index (χ4n) is 5.87. The number of carbonyl (C=O) groups is 2. The number of nitrogens with zero attached hydrogens (tertiary/aromatic N) is 2. The molecule has 1 aliphatic heterocycles. The molecule has 0 spiro atoms. The number of halogens is 1. The lowest BCUT2D eigenvalue weighted by atomic mass is 9.72. The van der Waals surface area contributed by atoms with Crippen molar-refractivity contribution in [2.24, 2.45) is 11.7 Å². The molecule has 3 N–H and O–H groups in total. The quantitative estimate of drug-likeness (QED) is 0.344. The van der Waals surface area contributed by atoms with Gasteiger partial charge in [-0.05, 0) is 72.7 Å². The number of benzene rings is 3. The van der Waals surface area contributed by atoms with E-state index in [1.165, 1.54) is 18.1 Å². The standard InChI is InChI=1S/C33H40FN3O5/c1-36(32(39)42-3)18-7-17-33(40,28-11-5-12-29(34)30(28)25-8-4-10-27(20-25)41-2)26-9-6-19-37(22-26)31(38)24-15-13-23(21-35)14-16-24/h4-5,8,10-16,20,26,40H,6-7,9,17-19,21-22,35H2,1-3H3/t26-,33+/m1/s1. The normalized spacial score (nSPS) is 16.4. The van der Waals surface area contributed by atoms with Crippen molar-refractivity contribution in [2.75, 3.05) is 40.9 Å². The summed E-state index contributed by atoms with van der Waals surface area (Å²) in [5, 5.41) is 12.7. The van der Waals surface area contributed by atoms with E-state index < -0.39 is 17.5 Å². The number of nitrogens with two attached hydrogens (primary N) is 1. The van der Waals surface area contributed by atoms with Crippen LogP contribution in [-0.4, -0.2) is 67.8 Å². The molecule has 3 aromatic carbocycles. The van der Waals surface area contributed by atoms with Crippen molar-refractivity contribution in [1.82, 2.24) is 9.80 Å². The van der Waals surface area contributed by atoms with Crippen molar-refractivity contribution in [1.29, 1.82) is 0 Å². The Hall–Kier alpha value is -3.95. The summed E-state index contributed by atoms with van der Waals surface area (Å²) in [5.41, 5.74) is 7.03. The average molecular weight is 578 g/mol. The molecular formula is C33H40FN3O5. The van der Waals surface area contributed by atoms with E-state index in [4.69, 9.17) is 15.2 Å². The third-order valence-electron chi connectivity index (χ3n) is 8.20. The first-order chi connectivity index (χ1) is 20.2. The maximum atomic E-state index is 15.7. The van der Waals surface area contributed by atoms with Gasteiger partial charge in [-0.15, -0.1) is 0 Å². The molecule has 0 bridgehead atoms. The highest BCUT2D eigenvalue weighted by Crippen LogP contribution is 2.44. The van der Waals surface area contributed by atoms with E-state index >= 15 is 4.39 Å². The van der Waals surface area contributed by atoms with Gasteiger partial charge < -0.3 is 30.1 Å². The lowest BCUT2D eigenvalue weighted by molar-refractivity contribution is -0.0574. The minimum Gasteiger partial charge on any atom is -0.497 e. The van der Waals surface area contributed by atoms with Crippen LogP contribution >= 0.6 is 0 Å². The van der Waals surface area contributed by atoms with E-state index in [0.29, 0.717) is 73.4 Å². The van der Waals surface area contributed by atoms with Crippen molar-refractivity contribution < 1.29 is 28.6 Å². The summed E-state index contributed by atoms with van der Waals surface area (Å²) >= 11 is 0. The summed E-state index contributed by atoms with van der Waals surface area (Å²) in [5.74, 6) is -0.397. The van der Waals surface area contributed by atoms with Crippen LogP contribution in [0.5, 0.6) is 5.75 Å². The number of methoxy groups -OCH3 is 2. The fourth-order valence-corrected chi connectivity index (χ4v) is 5.87. The fraction of sp³-hybridized carbons (Fsp3) is 0.394. The topological polar surface area (TPSA) is 105 Å². The van der Waals surface area contributed by atoms with Gasteiger partial charge in [0.05, 0.1) is 19.8 Å². The predicted octanol–water partition coefficient (Wildman–Crippen LogP) is 5.18. The average Bonchev–Trinajstić information content (AvgIpc) is 3.03. The largest absolute Gasteiger partial charge is 0.497 e. The zero-order valence-electron chi connectivity index (χ0n) is 24.5. The molecule has 2 atom stereocenters. The first kappa shape index (κ1) is 31.0. The van der Waals surface area contributed by atoms with Crippen LogP contribution in [0.4, 0.5) is 9.18 Å². The summed E-state index contributed by atoms with van der Waals surface area (Å²) in [6.45, 7) is 1.58. The predicted molar refractivity (Wildman–Crippen MR) is 160 cm³/mol. The maximum absolute atomic E-state index is 15.7. The number of hydrogen-bond donors (Lipinski definition) is 2. The maximum Gasteiger partial charge on any atom is 0.409 e. The first-order valence-corrected chi connectivity index (χ1v) is 14.2. The van der Waals surface area contributed by atoms with Crippen molar-refractivity contribution in [2.45, 2.75) is 37.8 Å². The van der Waals surface area contributed by atoms with E-state index in [1.807, 2.05) is 12.1 Å². The molecule has 1 fully saturated rings. The van der Waals surface area contributed by atoms with E-state index in [-0.39, 0.29) is 18.2 Å². The van der Waals surface area contributed by atoms with Crippen molar-refractivity contribution in [3.63, 3.8) is 0 Å². The highest BCUT2D eigenvalue weighted by atomic mass is 19.1. The van der Waals surface area contributed by atoms with Gasteiger partial charge in [-0.1, -0.05) is 36.4 Å². The molecule has 224 valence electrons. The van der Waals surface area contributed by atoms with Gasteiger partial charge >= 0.3 is 6.09 Å². The Morgan fingerprint density at radius 1 is 1.12 bits per heavy atom. The Morgan fingerprint density at radius 3 is 2.55 bits per heavy atom. The Balaban J connectivity index is 1.72. The van der Waals surface area contributed by atoms with Crippen LogP contribution in [0.15, 0.2) is 66.7 Å². The molecule has 1 saturated heterocycles. The number of likely N-dealkylation sites (tertiary alicyclic amines) is 1. The van der Waals surface area contributed by atoms with Crippen LogP contribution in [0, 0.1) is 11.7 Å². The lowest BCUT2D eigenvalue weighted by Crippen LogP contribution is -2.48. The molecule has 3 aromatic rings. The van der Waals surface area contributed by atoms with E-state index in [9.17, 15) is 14.7 Å². The molecule has 8 nitrogen and oxygen atoms in total. The number of amides is 2. The van der Waals surface area contributed by atoms with Gasteiger partial charge in [0, 0.05) is 50.3 Å². The highest BCUT2D eigenvalue weighted by molar-refractivity contribution is 5.94. The molecule has 9 heteroatoms. The number of ether oxygens (including phenoxy) is 2. The summed E-state index contributed by atoms with van der Waals surface area (Å²) in [6, 6.07) is 19.1. The summed E-state index contributed by atoms with van der Waals surface area (Å²) < 4.78 is 25.9. The highest BCUT2D eigenvalue weighted by Gasteiger charge is 2.43. The van der Waals surface area contributed by atoms with Crippen LogP contribution in [0.2, 0.25) is 0 Å². The number of piperidine rings is 1. The summed E-state index contributed by atoms with van der Waals surface area (Å²) in [4.78, 5) is 28.7. The second-order valence-corrected chi connectivity index (χ2v) is 10.8. The third kappa shape index (κ3) is 6.74. The molecule has 0 saturated carbocycles. The monoisotopic (exact) mass is 577 g/mol. The number of aliphatic hydroxyl groups is 1. The number of carbonyl (C=O) groups excluding carboxylic acids is 2. The number of rotatable bonds is 10. The lowest BCUT2D eigenvalue weighted by Gasteiger charge is -2.44. The molecule has 1 heterocycles. The minimum atomic E-state index is -1.50. The van der Waals surface area contributed by atoms with Crippen LogP contribution in [0.3, 0.4) is 0 Å². The Bertz CT molecular complexity index is 1380. The third-order valence-corrected chi connectivity index (χ3v) is 8.20. The molecule has 0 radical (unpaired) electrons. The van der Waals surface area contributed by atoms with E-state index in [0.717, 1.165) is 5.56 Å². The van der Waals surface area contributed by atoms with Crippen LogP contribution < -0.4 is 10.5 Å². The molecule has 2 amide bonds. The SMILES string of the molecule is COC(=O)N(C)CCC[C@@](O)(c1cccc(F)c1-c1cccc(OC)c1)[C@@H]1CCCN(C(=O)c2ccc(CN)cc2)C1. The molecule has 0 aliphatic carbocycles. The zero-order chi connectivity index (χ0) is 30.3.